The molecule has 2 atom stereocenters. The van der Waals surface area contributed by atoms with Gasteiger partial charge in [-0.1, -0.05) is 48.5 Å². The number of carbonyl (C=O) groups excluding carboxylic acids is 1. The zero-order valence-electron chi connectivity index (χ0n) is 22.4. The smallest absolute Gasteiger partial charge is 0.418 e. The van der Waals surface area contributed by atoms with Crippen LogP contribution in [0.25, 0.3) is 33.2 Å². The Labute approximate surface area is 237 Å². The number of aryl methyl sites for hydroxylation is 1. The topological polar surface area (TPSA) is 109 Å². The third-order valence-corrected chi connectivity index (χ3v) is 7.44. The summed E-state index contributed by atoms with van der Waals surface area (Å²) >= 11 is 0. The van der Waals surface area contributed by atoms with Gasteiger partial charge in [-0.3, -0.25) is 4.79 Å². The number of furan rings is 1. The lowest BCUT2D eigenvalue weighted by Gasteiger charge is -2.22. The first-order valence-corrected chi connectivity index (χ1v) is 13.3. The number of fused-ring (bicyclic) bond motifs is 3. The minimum atomic E-state index is -4.70. The van der Waals surface area contributed by atoms with E-state index in [1.165, 1.54) is 12.1 Å². The molecule has 1 fully saturated rings. The SMILES string of the molecule is Cc1nc(N2C[C@@H](CC(=O)Nc3ccc(-c4ccccc4)cc3C(F)(F)F)C[C@H]2C(=O)O)c2oc3ccccc3c2n1. The number of rotatable bonds is 6. The fourth-order valence-corrected chi connectivity index (χ4v) is 5.58. The van der Waals surface area contributed by atoms with Crippen LogP contribution in [0, 0.1) is 12.8 Å². The van der Waals surface area contributed by atoms with Crippen LogP contribution in [0.1, 0.15) is 24.2 Å². The van der Waals surface area contributed by atoms with Crippen LogP contribution in [0.2, 0.25) is 0 Å². The van der Waals surface area contributed by atoms with Crippen molar-refractivity contribution in [3.8, 4) is 11.1 Å². The van der Waals surface area contributed by atoms with Gasteiger partial charge < -0.3 is 19.7 Å². The predicted molar refractivity (Wildman–Crippen MR) is 151 cm³/mol. The van der Waals surface area contributed by atoms with E-state index in [1.54, 1.807) is 48.2 Å². The maximum Gasteiger partial charge on any atom is 0.418 e. The molecule has 3 heterocycles. The predicted octanol–water partition coefficient (Wildman–Crippen LogP) is 6.68. The molecule has 214 valence electrons. The molecular weight excluding hydrogens is 549 g/mol. The van der Waals surface area contributed by atoms with Crippen LogP contribution in [0.4, 0.5) is 24.7 Å². The third kappa shape index (κ3) is 5.13. The molecule has 0 aliphatic carbocycles. The van der Waals surface area contributed by atoms with E-state index in [0.717, 1.165) is 11.5 Å². The molecule has 3 aromatic carbocycles. The molecule has 0 bridgehead atoms. The first-order valence-electron chi connectivity index (χ1n) is 13.3. The summed E-state index contributed by atoms with van der Waals surface area (Å²) in [4.78, 5) is 35.9. The standard InChI is InChI=1S/C31H25F3N4O4/c1-17-35-27-21-9-5-6-10-25(21)42-28(27)29(36-17)38-16-18(13-24(38)30(40)41)14-26(39)37-23-12-11-20(15-22(23)31(32,33)34)19-7-3-2-4-8-19/h2-12,15,18,24H,13-14,16H2,1H3,(H,37,39)(H,40,41)/t18-,24+/m1/s1. The molecule has 5 aromatic rings. The summed E-state index contributed by atoms with van der Waals surface area (Å²) in [6, 6.07) is 18.7. The molecule has 6 rings (SSSR count). The Morgan fingerprint density at radius 2 is 1.76 bits per heavy atom. The largest absolute Gasteiger partial charge is 0.480 e. The third-order valence-electron chi connectivity index (χ3n) is 7.44. The molecule has 42 heavy (non-hydrogen) atoms. The summed E-state index contributed by atoms with van der Waals surface area (Å²) < 4.78 is 47.9. The Hall–Kier alpha value is -4.93. The monoisotopic (exact) mass is 574 g/mol. The van der Waals surface area contributed by atoms with Crippen molar-refractivity contribution in [1.29, 1.82) is 0 Å². The Balaban J connectivity index is 1.25. The Bertz CT molecular complexity index is 1820. The summed E-state index contributed by atoms with van der Waals surface area (Å²) in [7, 11) is 0. The molecule has 1 saturated heterocycles. The van der Waals surface area contributed by atoms with Crippen LogP contribution in [0.3, 0.4) is 0 Å². The number of nitrogens with one attached hydrogen (secondary N) is 1. The van der Waals surface area contributed by atoms with Gasteiger partial charge >= 0.3 is 12.1 Å². The fourth-order valence-electron chi connectivity index (χ4n) is 5.58. The minimum Gasteiger partial charge on any atom is -0.480 e. The molecule has 2 aromatic heterocycles. The van der Waals surface area contributed by atoms with E-state index in [2.05, 4.69) is 15.3 Å². The van der Waals surface area contributed by atoms with Gasteiger partial charge in [0.15, 0.2) is 11.4 Å². The van der Waals surface area contributed by atoms with Gasteiger partial charge in [0.05, 0.1) is 11.3 Å². The molecule has 8 nitrogen and oxygen atoms in total. The van der Waals surface area contributed by atoms with Crippen LogP contribution in [-0.4, -0.2) is 39.5 Å². The van der Waals surface area contributed by atoms with Gasteiger partial charge in [0.2, 0.25) is 5.91 Å². The van der Waals surface area contributed by atoms with E-state index in [9.17, 15) is 27.9 Å². The number of alkyl halides is 3. The average Bonchev–Trinajstić information content (AvgIpc) is 3.54. The van der Waals surface area contributed by atoms with Crippen molar-refractivity contribution in [3.63, 3.8) is 0 Å². The summed E-state index contributed by atoms with van der Waals surface area (Å²) in [5, 5.41) is 13.2. The summed E-state index contributed by atoms with van der Waals surface area (Å²) in [6.45, 7) is 1.84. The van der Waals surface area contributed by atoms with Crippen LogP contribution < -0.4 is 10.2 Å². The number of para-hydroxylation sites is 1. The number of halogens is 3. The number of hydrogen-bond acceptors (Lipinski definition) is 6. The van der Waals surface area contributed by atoms with E-state index in [-0.39, 0.29) is 25.1 Å². The van der Waals surface area contributed by atoms with E-state index < -0.39 is 35.6 Å². The fraction of sp³-hybridized carbons (Fsp3) is 0.226. The van der Waals surface area contributed by atoms with E-state index in [0.29, 0.717) is 39.5 Å². The van der Waals surface area contributed by atoms with Gasteiger partial charge in [0.1, 0.15) is 23.0 Å². The number of aliphatic carboxylic acids is 1. The highest BCUT2D eigenvalue weighted by atomic mass is 19.4. The number of benzene rings is 3. The summed E-state index contributed by atoms with van der Waals surface area (Å²) in [6.07, 6.45) is -4.77. The lowest BCUT2D eigenvalue weighted by Crippen LogP contribution is -2.36. The second-order valence-electron chi connectivity index (χ2n) is 10.4. The maximum absolute atomic E-state index is 14.0. The second-order valence-corrected chi connectivity index (χ2v) is 10.4. The summed E-state index contributed by atoms with van der Waals surface area (Å²) in [5.74, 6) is -1.47. The first-order chi connectivity index (χ1) is 20.1. The number of hydrogen-bond donors (Lipinski definition) is 2. The highest BCUT2D eigenvalue weighted by Gasteiger charge is 2.40. The molecule has 11 heteroatoms. The van der Waals surface area contributed by atoms with Crippen molar-refractivity contribution >= 4 is 45.5 Å². The van der Waals surface area contributed by atoms with E-state index in [4.69, 9.17) is 4.42 Å². The minimum absolute atomic E-state index is 0.104. The van der Waals surface area contributed by atoms with Crippen molar-refractivity contribution < 1.29 is 32.3 Å². The van der Waals surface area contributed by atoms with Crippen molar-refractivity contribution in [2.24, 2.45) is 5.92 Å². The van der Waals surface area contributed by atoms with Crippen molar-refractivity contribution in [2.75, 3.05) is 16.8 Å². The Morgan fingerprint density at radius 1 is 1.02 bits per heavy atom. The molecule has 1 amide bonds. The van der Waals surface area contributed by atoms with Crippen LogP contribution in [-0.2, 0) is 15.8 Å². The van der Waals surface area contributed by atoms with Gasteiger partial charge in [0.25, 0.3) is 0 Å². The number of carbonyl (C=O) groups is 2. The molecule has 1 aliphatic rings. The quantitative estimate of drug-likeness (QED) is 0.233. The number of carboxylic acid groups (broad SMARTS) is 1. The van der Waals surface area contributed by atoms with Crippen molar-refractivity contribution in [2.45, 2.75) is 32.0 Å². The average molecular weight is 575 g/mol. The molecule has 0 radical (unpaired) electrons. The first kappa shape index (κ1) is 27.3. The second kappa shape index (κ2) is 10.5. The highest BCUT2D eigenvalue weighted by molar-refractivity contribution is 6.06. The number of anilines is 2. The van der Waals surface area contributed by atoms with Gasteiger partial charge in [-0.25, -0.2) is 14.8 Å². The maximum atomic E-state index is 14.0. The van der Waals surface area contributed by atoms with Crippen LogP contribution >= 0.6 is 0 Å². The zero-order chi connectivity index (χ0) is 29.6. The zero-order valence-corrected chi connectivity index (χ0v) is 22.4. The molecule has 0 unspecified atom stereocenters. The van der Waals surface area contributed by atoms with Gasteiger partial charge in [-0.2, -0.15) is 13.2 Å². The van der Waals surface area contributed by atoms with Crippen LogP contribution in [0.15, 0.2) is 77.2 Å². The molecule has 2 N–H and O–H groups in total. The number of amides is 1. The summed E-state index contributed by atoms with van der Waals surface area (Å²) in [5.41, 5.74) is 1.14. The number of nitrogens with zero attached hydrogens (tertiary/aromatic N) is 3. The Morgan fingerprint density at radius 3 is 2.50 bits per heavy atom. The molecule has 0 spiro atoms. The molecular formula is C31H25F3N4O4. The van der Waals surface area contributed by atoms with Crippen LogP contribution in [0.5, 0.6) is 0 Å². The highest BCUT2D eigenvalue weighted by Crippen LogP contribution is 2.40. The van der Waals surface area contributed by atoms with Gasteiger partial charge in [-0.15, -0.1) is 0 Å². The van der Waals surface area contributed by atoms with Gasteiger partial charge in [-0.05, 0) is 54.7 Å². The lowest BCUT2D eigenvalue weighted by atomic mass is 10.00. The molecule has 0 saturated carbocycles. The van der Waals surface area contributed by atoms with E-state index in [1.807, 2.05) is 18.2 Å². The molecule has 1 aliphatic heterocycles. The Kier molecular flexibility index (Phi) is 6.80. The lowest BCUT2D eigenvalue weighted by molar-refractivity contribution is -0.139. The van der Waals surface area contributed by atoms with Gasteiger partial charge in [0, 0.05) is 18.4 Å². The van der Waals surface area contributed by atoms with Crippen molar-refractivity contribution in [3.05, 3.63) is 84.2 Å². The van der Waals surface area contributed by atoms with Crippen molar-refractivity contribution in [1.82, 2.24) is 9.97 Å². The normalized spacial score (nSPS) is 17.2. The van der Waals surface area contributed by atoms with E-state index >= 15 is 0 Å². The number of aromatic nitrogens is 2. The number of carboxylic acids is 1.